The number of nitrogens with zero attached hydrogens (tertiary/aromatic N) is 4. The van der Waals surface area contributed by atoms with Crippen LogP contribution < -0.4 is 5.32 Å². The minimum absolute atomic E-state index is 0.756. The van der Waals surface area contributed by atoms with Gasteiger partial charge in [0.2, 0.25) is 0 Å². The molecule has 0 aliphatic rings. The normalized spacial score (nSPS) is 10.7. The largest absolute Gasteiger partial charge is 0.379 e. The molecule has 0 fully saturated rings. The van der Waals surface area contributed by atoms with Crippen LogP contribution in [-0.4, -0.2) is 19.3 Å². The smallest absolute Gasteiger partial charge is 0.0992 e. The topological polar surface area (TPSA) is 47.7 Å². The molecule has 3 aromatic rings. The van der Waals surface area contributed by atoms with Crippen LogP contribution in [0.1, 0.15) is 12.5 Å². The molecular formula is C15H17N5. The van der Waals surface area contributed by atoms with Crippen molar-refractivity contribution in [3.63, 3.8) is 0 Å². The van der Waals surface area contributed by atoms with E-state index >= 15 is 0 Å². The number of aryl methyl sites for hydroxylation is 1. The highest BCUT2D eigenvalue weighted by molar-refractivity contribution is 5.61. The molecule has 0 saturated heterocycles. The molecule has 0 radical (unpaired) electrons. The Balaban J connectivity index is 1.77. The Morgan fingerprint density at radius 1 is 1.25 bits per heavy atom. The van der Waals surface area contributed by atoms with Gasteiger partial charge < -0.3 is 9.88 Å². The Labute approximate surface area is 117 Å². The predicted molar refractivity (Wildman–Crippen MR) is 78.8 cm³/mol. The van der Waals surface area contributed by atoms with Crippen LogP contribution in [0.25, 0.3) is 5.69 Å². The van der Waals surface area contributed by atoms with Crippen molar-refractivity contribution in [2.75, 3.05) is 5.32 Å². The van der Waals surface area contributed by atoms with Gasteiger partial charge in [-0.05, 0) is 19.1 Å². The zero-order valence-electron chi connectivity index (χ0n) is 11.4. The molecule has 5 heteroatoms. The summed E-state index contributed by atoms with van der Waals surface area (Å²) in [6.07, 6.45) is 9.48. The van der Waals surface area contributed by atoms with Gasteiger partial charge in [-0.3, -0.25) is 4.68 Å². The highest BCUT2D eigenvalue weighted by Gasteiger charge is 2.04. The summed E-state index contributed by atoms with van der Waals surface area (Å²) in [5.74, 6) is 0. The Morgan fingerprint density at radius 3 is 2.90 bits per heavy atom. The minimum atomic E-state index is 0.756. The minimum Gasteiger partial charge on any atom is -0.379 e. The average molecular weight is 267 g/mol. The Kier molecular flexibility index (Phi) is 3.50. The van der Waals surface area contributed by atoms with Crippen LogP contribution in [0.3, 0.4) is 0 Å². The van der Waals surface area contributed by atoms with Crippen LogP contribution >= 0.6 is 0 Å². The second-order valence-corrected chi connectivity index (χ2v) is 4.54. The fraction of sp³-hybridized carbons (Fsp3) is 0.200. The lowest BCUT2D eigenvalue weighted by Crippen LogP contribution is -2.03. The molecule has 1 aromatic carbocycles. The van der Waals surface area contributed by atoms with Gasteiger partial charge in [0.15, 0.2) is 0 Å². The molecule has 0 bridgehead atoms. The molecule has 20 heavy (non-hydrogen) atoms. The summed E-state index contributed by atoms with van der Waals surface area (Å²) in [5.41, 5.74) is 3.34. The lowest BCUT2D eigenvalue weighted by molar-refractivity contribution is 0.659. The number of para-hydroxylation sites is 2. The van der Waals surface area contributed by atoms with E-state index in [0.29, 0.717) is 0 Å². The second kappa shape index (κ2) is 5.61. The molecule has 0 spiro atoms. The first-order valence-electron chi connectivity index (χ1n) is 6.69. The zero-order chi connectivity index (χ0) is 13.8. The van der Waals surface area contributed by atoms with Gasteiger partial charge in [0.05, 0.1) is 23.9 Å². The first kappa shape index (κ1) is 12.5. The highest BCUT2D eigenvalue weighted by Crippen LogP contribution is 2.20. The Bertz CT molecular complexity index is 669. The van der Waals surface area contributed by atoms with E-state index in [1.807, 2.05) is 33.8 Å². The zero-order valence-corrected chi connectivity index (χ0v) is 11.4. The SMILES string of the molecule is CCn1cc(CNc2ccccc2-n2ccnc2)cn1. The van der Waals surface area contributed by atoms with E-state index < -0.39 is 0 Å². The molecule has 3 rings (SSSR count). The molecule has 0 aliphatic heterocycles. The summed E-state index contributed by atoms with van der Waals surface area (Å²) >= 11 is 0. The maximum atomic E-state index is 4.28. The summed E-state index contributed by atoms with van der Waals surface area (Å²) in [6.45, 7) is 3.73. The molecule has 0 atom stereocenters. The first-order valence-corrected chi connectivity index (χ1v) is 6.69. The molecule has 0 saturated carbocycles. The van der Waals surface area contributed by atoms with Crippen molar-refractivity contribution in [2.24, 2.45) is 0 Å². The van der Waals surface area contributed by atoms with Gasteiger partial charge in [-0.15, -0.1) is 0 Å². The molecular weight excluding hydrogens is 250 g/mol. The van der Waals surface area contributed by atoms with E-state index in [0.717, 1.165) is 24.5 Å². The standard InChI is InChI=1S/C15H17N5/c1-2-20-11-13(10-18-20)9-17-14-5-3-4-6-15(14)19-8-7-16-12-19/h3-8,10-12,17H,2,9H2,1H3. The number of rotatable bonds is 5. The first-order chi connectivity index (χ1) is 9.86. The maximum absolute atomic E-state index is 4.28. The molecule has 0 aliphatic carbocycles. The van der Waals surface area contributed by atoms with Crippen molar-refractivity contribution in [1.29, 1.82) is 0 Å². The van der Waals surface area contributed by atoms with Crippen molar-refractivity contribution in [3.8, 4) is 5.69 Å². The van der Waals surface area contributed by atoms with Crippen LogP contribution in [-0.2, 0) is 13.1 Å². The number of imidazole rings is 1. The van der Waals surface area contributed by atoms with E-state index in [-0.39, 0.29) is 0 Å². The van der Waals surface area contributed by atoms with Gasteiger partial charge in [0, 0.05) is 37.2 Å². The van der Waals surface area contributed by atoms with E-state index in [2.05, 4.69) is 40.7 Å². The van der Waals surface area contributed by atoms with Gasteiger partial charge in [-0.1, -0.05) is 12.1 Å². The van der Waals surface area contributed by atoms with Crippen LogP contribution in [0.2, 0.25) is 0 Å². The fourth-order valence-corrected chi connectivity index (χ4v) is 2.12. The summed E-state index contributed by atoms with van der Waals surface area (Å²) in [4.78, 5) is 4.09. The van der Waals surface area contributed by atoms with Crippen molar-refractivity contribution >= 4 is 5.69 Å². The highest BCUT2D eigenvalue weighted by atomic mass is 15.3. The lowest BCUT2D eigenvalue weighted by atomic mass is 10.2. The molecule has 2 aromatic heterocycles. The van der Waals surface area contributed by atoms with E-state index in [4.69, 9.17) is 0 Å². The molecule has 102 valence electrons. The monoisotopic (exact) mass is 267 g/mol. The van der Waals surface area contributed by atoms with E-state index in [9.17, 15) is 0 Å². The lowest BCUT2D eigenvalue weighted by Gasteiger charge is -2.11. The number of anilines is 1. The van der Waals surface area contributed by atoms with Crippen molar-refractivity contribution in [2.45, 2.75) is 20.0 Å². The van der Waals surface area contributed by atoms with Crippen molar-refractivity contribution < 1.29 is 0 Å². The van der Waals surface area contributed by atoms with Gasteiger partial charge in [0.25, 0.3) is 0 Å². The molecule has 2 heterocycles. The molecule has 0 unspecified atom stereocenters. The number of hydrogen-bond donors (Lipinski definition) is 1. The number of benzene rings is 1. The number of hydrogen-bond acceptors (Lipinski definition) is 3. The third-order valence-corrected chi connectivity index (χ3v) is 3.18. The van der Waals surface area contributed by atoms with Crippen molar-refractivity contribution in [3.05, 3.63) is 60.9 Å². The fourth-order valence-electron chi connectivity index (χ4n) is 2.12. The Morgan fingerprint density at radius 2 is 2.15 bits per heavy atom. The average Bonchev–Trinajstić information content (AvgIpc) is 3.17. The predicted octanol–water partition coefficient (Wildman–Crippen LogP) is 2.70. The van der Waals surface area contributed by atoms with Crippen LogP contribution in [0.5, 0.6) is 0 Å². The number of aromatic nitrogens is 4. The van der Waals surface area contributed by atoms with Gasteiger partial charge in [-0.2, -0.15) is 5.10 Å². The third-order valence-electron chi connectivity index (χ3n) is 3.18. The van der Waals surface area contributed by atoms with Crippen LogP contribution in [0, 0.1) is 0 Å². The summed E-state index contributed by atoms with van der Waals surface area (Å²) in [7, 11) is 0. The third kappa shape index (κ3) is 2.56. The maximum Gasteiger partial charge on any atom is 0.0992 e. The summed E-state index contributed by atoms with van der Waals surface area (Å²) in [5, 5.41) is 7.73. The Hall–Kier alpha value is -2.56. The molecule has 0 amide bonds. The van der Waals surface area contributed by atoms with E-state index in [1.165, 1.54) is 5.56 Å². The van der Waals surface area contributed by atoms with E-state index in [1.54, 1.807) is 12.5 Å². The van der Waals surface area contributed by atoms with Gasteiger partial charge in [-0.25, -0.2) is 4.98 Å². The van der Waals surface area contributed by atoms with Crippen LogP contribution in [0.4, 0.5) is 5.69 Å². The summed E-state index contributed by atoms with van der Waals surface area (Å²) < 4.78 is 3.93. The van der Waals surface area contributed by atoms with Gasteiger partial charge in [0.1, 0.15) is 0 Å². The molecule has 1 N–H and O–H groups in total. The number of nitrogens with one attached hydrogen (secondary N) is 1. The molecule has 5 nitrogen and oxygen atoms in total. The second-order valence-electron chi connectivity index (χ2n) is 4.54. The van der Waals surface area contributed by atoms with Crippen LogP contribution in [0.15, 0.2) is 55.4 Å². The van der Waals surface area contributed by atoms with Crippen molar-refractivity contribution in [1.82, 2.24) is 19.3 Å². The van der Waals surface area contributed by atoms with Gasteiger partial charge >= 0.3 is 0 Å². The summed E-state index contributed by atoms with van der Waals surface area (Å²) in [6, 6.07) is 8.19. The quantitative estimate of drug-likeness (QED) is 0.773.